The van der Waals surface area contributed by atoms with Gasteiger partial charge in [-0.2, -0.15) is 0 Å². The standard InChI is InChI=1S/C19H19N5O4S/c20-16(25)13-7-10(8-21-13)17(26)22-11-2-1-3-12(11)23-18(27)14-6-9-4-5-29-15(9)19(28)24-14/h4-8,11-12,21H,1-3H2,(H2,20,25)(H,22,26)(H,23,27)(H,24,28)/t11-,12+/m1/s1. The molecule has 1 aliphatic carbocycles. The number of nitrogens with one attached hydrogen (secondary N) is 4. The van der Waals surface area contributed by atoms with Crippen LogP contribution in [0.15, 0.2) is 34.6 Å². The summed E-state index contributed by atoms with van der Waals surface area (Å²) in [5, 5.41) is 8.32. The third-order valence-electron chi connectivity index (χ3n) is 5.05. The fraction of sp³-hybridized carbons (Fsp3) is 0.263. The minimum atomic E-state index is -0.647. The van der Waals surface area contributed by atoms with Crippen LogP contribution < -0.4 is 21.9 Å². The zero-order valence-electron chi connectivity index (χ0n) is 15.3. The molecule has 0 saturated heterocycles. The second kappa shape index (κ2) is 7.55. The van der Waals surface area contributed by atoms with E-state index in [4.69, 9.17) is 5.73 Å². The average molecular weight is 413 g/mol. The van der Waals surface area contributed by atoms with Crippen LogP contribution in [0.1, 0.15) is 50.6 Å². The number of pyridine rings is 1. The highest BCUT2D eigenvalue weighted by Crippen LogP contribution is 2.21. The fourth-order valence-corrected chi connectivity index (χ4v) is 4.35. The second-order valence-corrected chi connectivity index (χ2v) is 7.89. The minimum absolute atomic E-state index is 0.152. The summed E-state index contributed by atoms with van der Waals surface area (Å²) in [5.41, 5.74) is 5.53. The number of carbonyl (C=O) groups is 3. The average Bonchev–Trinajstić information content (AvgIpc) is 3.42. The van der Waals surface area contributed by atoms with Crippen molar-refractivity contribution in [1.82, 2.24) is 20.6 Å². The maximum absolute atomic E-state index is 12.7. The first kappa shape index (κ1) is 18.9. The lowest BCUT2D eigenvalue weighted by Crippen LogP contribution is -2.48. The number of carbonyl (C=O) groups excluding carboxylic acids is 3. The molecule has 3 amide bonds. The molecular formula is C19H19N5O4S. The van der Waals surface area contributed by atoms with Gasteiger partial charge in [0, 0.05) is 23.7 Å². The van der Waals surface area contributed by atoms with Crippen molar-refractivity contribution in [2.75, 3.05) is 0 Å². The smallest absolute Gasteiger partial charge is 0.268 e. The number of H-pyrrole nitrogens is 2. The quantitative estimate of drug-likeness (QED) is 0.425. The van der Waals surface area contributed by atoms with Crippen molar-refractivity contribution < 1.29 is 14.4 Å². The van der Waals surface area contributed by atoms with Crippen molar-refractivity contribution in [3.63, 3.8) is 0 Å². The number of aromatic nitrogens is 2. The molecular weight excluding hydrogens is 394 g/mol. The Morgan fingerprint density at radius 3 is 2.48 bits per heavy atom. The molecule has 3 heterocycles. The molecule has 9 nitrogen and oxygen atoms in total. The summed E-state index contributed by atoms with van der Waals surface area (Å²) in [6.45, 7) is 0. The normalized spacial score (nSPS) is 18.6. The number of nitrogens with two attached hydrogens (primary N) is 1. The van der Waals surface area contributed by atoms with Crippen molar-refractivity contribution in [1.29, 1.82) is 0 Å². The van der Waals surface area contributed by atoms with E-state index in [1.807, 2.05) is 0 Å². The van der Waals surface area contributed by atoms with Gasteiger partial charge in [0.1, 0.15) is 11.4 Å². The third kappa shape index (κ3) is 3.79. The minimum Gasteiger partial charge on any atom is -0.364 e. The molecule has 29 heavy (non-hydrogen) atoms. The highest BCUT2D eigenvalue weighted by atomic mass is 32.1. The highest BCUT2D eigenvalue weighted by Gasteiger charge is 2.31. The fourth-order valence-electron chi connectivity index (χ4n) is 3.58. The molecule has 4 rings (SSSR count). The first-order valence-corrected chi connectivity index (χ1v) is 10.0. The van der Waals surface area contributed by atoms with E-state index in [1.165, 1.54) is 23.6 Å². The maximum atomic E-state index is 12.7. The number of aromatic amines is 2. The second-order valence-electron chi connectivity index (χ2n) is 6.97. The lowest BCUT2D eigenvalue weighted by atomic mass is 10.1. The lowest BCUT2D eigenvalue weighted by molar-refractivity contribution is 0.0889. The molecule has 0 radical (unpaired) electrons. The predicted molar refractivity (Wildman–Crippen MR) is 108 cm³/mol. The van der Waals surface area contributed by atoms with Crippen LogP contribution in [0.25, 0.3) is 10.1 Å². The van der Waals surface area contributed by atoms with Gasteiger partial charge in [0.15, 0.2) is 0 Å². The van der Waals surface area contributed by atoms with Crippen LogP contribution in [0.5, 0.6) is 0 Å². The van der Waals surface area contributed by atoms with Gasteiger partial charge in [0.25, 0.3) is 23.3 Å². The van der Waals surface area contributed by atoms with Gasteiger partial charge in [-0.05, 0) is 42.8 Å². The molecule has 3 aromatic rings. The van der Waals surface area contributed by atoms with Crippen LogP contribution >= 0.6 is 11.3 Å². The molecule has 0 bridgehead atoms. The van der Waals surface area contributed by atoms with Crippen molar-refractivity contribution in [2.45, 2.75) is 31.3 Å². The van der Waals surface area contributed by atoms with E-state index in [0.29, 0.717) is 23.1 Å². The summed E-state index contributed by atoms with van der Waals surface area (Å²) in [7, 11) is 0. The number of amides is 3. The molecule has 1 aliphatic rings. The Bertz CT molecular complexity index is 1160. The van der Waals surface area contributed by atoms with E-state index in [0.717, 1.165) is 11.8 Å². The number of thiophene rings is 1. The van der Waals surface area contributed by atoms with Crippen LogP contribution in [-0.2, 0) is 0 Å². The lowest BCUT2D eigenvalue weighted by Gasteiger charge is -2.22. The zero-order chi connectivity index (χ0) is 20.5. The van der Waals surface area contributed by atoms with E-state index < -0.39 is 5.91 Å². The molecule has 0 aliphatic heterocycles. The zero-order valence-corrected chi connectivity index (χ0v) is 16.1. The van der Waals surface area contributed by atoms with E-state index in [9.17, 15) is 19.2 Å². The Morgan fingerprint density at radius 2 is 1.79 bits per heavy atom. The molecule has 3 aromatic heterocycles. The topological polar surface area (TPSA) is 150 Å². The van der Waals surface area contributed by atoms with Crippen LogP contribution in [0.4, 0.5) is 0 Å². The molecule has 2 atom stereocenters. The van der Waals surface area contributed by atoms with Gasteiger partial charge in [0.05, 0.1) is 10.3 Å². The number of hydrogen-bond donors (Lipinski definition) is 5. The number of fused-ring (bicyclic) bond motifs is 1. The van der Waals surface area contributed by atoms with Crippen molar-refractivity contribution >= 4 is 39.1 Å². The molecule has 1 fully saturated rings. The van der Waals surface area contributed by atoms with Crippen LogP contribution in [-0.4, -0.2) is 39.8 Å². The summed E-state index contributed by atoms with van der Waals surface area (Å²) >= 11 is 1.32. The van der Waals surface area contributed by atoms with Crippen LogP contribution in [0, 0.1) is 0 Å². The monoisotopic (exact) mass is 413 g/mol. The van der Waals surface area contributed by atoms with Gasteiger partial charge >= 0.3 is 0 Å². The summed E-state index contributed by atoms with van der Waals surface area (Å²) in [6.07, 6.45) is 3.68. The third-order valence-corrected chi connectivity index (χ3v) is 5.98. The van der Waals surface area contributed by atoms with E-state index in [2.05, 4.69) is 20.6 Å². The SMILES string of the molecule is NC(=O)c1cc(C(=O)N[C@@H]2CCC[C@@H]2NC(=O)c2cc3ccsc3c(=O)[nH]2)c[nH]1. The van der Waals surface area contributed by atoms with Gasteiger partial charge in [-0.1, -0.05) is 0 Å². The van der Waals surface area contributed by atoms with Gasteiger partial charge < -0.3 is 26.3 Å². The number of primary amides is 1. The molecule has 0 aromatic carbocycles. The first-order chi connectivity index (χ1) is 13.9. The van der Waals surface area contributed by atoms with Crippen LogP contribution in [0.3, 0.4) is 0 Å². The van der Waals surface area contributed by atoms with Crippen molar-refractivity contribution in [2.24, 2.45) is 5.73 Å². The Labute approximate surface area is 168 Å². The Morgan fingerprint density at radius 1 is 1.07 bits per heavy atom. The van der Waals surface area contributed by atoms with Gasteiger partial charge in [-0.3, -0.25) is 19.2 Å². The maximum Gasteiger partial charge on any atom is 0.268 e. The number of rotatable bonds is 5. The van der Waals surface area contributed by atoms with Gasteiger partial charge in [0.2, 0.25) is 0 Å². The molecule has 0 spiro atoms. The molecule has 6 N–H and O–H groups in total. The Kier molecular flexibility index (Phi) is 4.93. The molecule has 10 heteroatoms. The van der Waals surface area contributed by atoms with E-state index in [1.54, 1.807) is 17.5 Å². The Balaban J connectivity index is 1.44. The van der Waals surface area contributed by atoms with E-state index in [-0.39, 0.29) is 40.8 Å². The summed E-state index contributed by atoms with van der Waals surface area (Å²) < 4.78 is 0.578. The summed E-state index contributed by atoms with van der Waals surface area (Å²) in [4.78, 5) is 53.6. The predicted octanol–water partition coefficient (Wildman–Crippen LogP) is 1.10. The largest absolute Gasteiger partial charge is 0.364 e. The van der Waals surface area contributed by atoms with Crippen molar-refractivity contribution in [3.05, 3.63) is 57.1 Å². The van der Waals surface area contributed by atoms with E-state index >= 15 is 0 Å². The van der Waals surface area contributed by atoms with Gasteiger partial charge in [-0.15, -0.1) is 11.3 Å². The highest BCUT2D eigenvalue weighted by molar-refractivity contribution is 7.17. The van der Waals surface area contributed by atoms with Crippen molar-refractivity contribution in [3.8, 4) is 0 Å². The Hall–Kier alpha value is -3.40. The van der Waals surface area contributed by atoms with Gasteiger partial charge in [-0.25, -0.2) is 0 Å². The molecule has 1 saturated carbocycles. The number of hydrogen-bond acceptors (Lipinski definition) is 5. The summed E-state index contributed by atoms with van der Waals surface area (Å²) in [6, 6.07) is 4.32. The molecule has 0 unspecified atom stereocenters. The molecule has 150 valence electrons. The first-order valence-electron chi connectivity index (χ1n) is 9.13. The van der Waals surface area contributed by atoms with Crippen LogP contribution in [0.2, 0.25) is 0 Å². The summed E-state index contributed by atoms with van der Waals surface area (Å²) in [5.74, 6) is -1.39.